The molecule has 96 valence electrons. The van der Waals surface area contributed by atoms with E-state index < -0.39 is 0 Å². The van der Waals surface area contributed by atoms with Gasteiger partial charge in [0.25, 0.3) is 0 Å². The Hall–Kier alpha value is -2.56. The second-order valence-electron chi connectivity index (χ2n) is 4.50. The van der Waals surface area contributed by atoms with Crippen LogP contribution in [0.2, 0.25) is 0 Å². The van der Waals surface area contributed by atoms with Gasteiger partial charge in [-0.15, -0.1) is 0 Å². The predicted octanol–water partition coefficient (Wildman–Crippen LogP) is 2.14. The molecule has 2 heterocycles. The summed E-state index contributed by atoms with van der Waals surface area (Å²) in [4.78, 5) is 12.4. The van der Waals surface area contributed by atoms with Crippen molar-refractivity contribution in [2.24, 2.45) is 0 Å². The summed E-state index contributed by atoms with van der Waals surface area (Å²) >= 11 is 0. The standard InChI is InChI=1S/C14H14N4O/c1-9-14(15)11-4-2-3-5-12(11)18(9)13(19)8-10-6-7-16-17-10/h2-7H,8,15H2,1H3,(H,16,17). The molecule has 0 fully saturated rings. The van der Waals surface area contributed by atoms with E-state index in [4.69, 9.17) is 5.73 Å². The summed E-state index contributed by atoms with van der Waals surface area (Å²) in [6.45, 7) is 1.86. The molecular weight excluding hydrogens is 240 g/mol. The lowest BCUT2D eigenvalue weighted by Gasteiger charge is -2.05. The number of nitrogens with zero attached hydrogens (tertiary/aromatic N) is 2. The number of nitrogen functional groups attached to an aromatic ring is 1. The van der Waals surface area contributed by atoms with Gasteiger partial charge in [0.2, 0.25) is 5.91 Å². The van der Waals surface area contributed by atoms with Gasteiger partial charge in [0.15, 0.2) is 0 Å². The number of carbonyl (C=O) groups is 1. The Morgan fingerprint density at radius 1 is 1.37 bits per heavy atom. The molecule has 5 heteroatoms. The summed E-state index contributed by atoms with van der Waals surface area (Å²) in [5.41, 5.74) is 9.14. The normalized spacial score (nSPS) is 11.0. The molecule has 19 heavy (non-hydrogen) atoms. The number of anilines is 1. The molecule has 0 aliphatic carbocycles. The van der Waals surface area contributed by atoms with Gasteiger partial charge in [0.1, 0.15) is 0 Å². The Labute approximate surface area is 110 Å². The zero-order valence-electron chi connectivity index (χ0n) is 10.6. The molecule has 0 amide bonds. The fourth-order valence-electron chi connectivity index (χ4n) is 2.34. The quantitative estimate of drug-likeness (QED) is 0.735. The molecule has 0 saturated carbocycles. The molecule has 0 unspecified atom stereocenters. The van der Waals surface area contributed by atoms with E-state index in [1.54, 1.807) is 16.8 Å². The highest BCUT2D eigenvalue weighted by Gasteiger charge is 2.17. The summed E-state index contributed by atoms with van der Waals surface area (Å²) in [6.07, 6.45) is 1.91. The number of rotatable bonds is 2. The molecule has 0 spiro atoms. The van der Waals surface area contributed by atoms with Crippen LogP contribution in [0.3, 0.4) is 0 Å². The van der Waals surface area contributed by atoms with Gasteiger partial charge >= 0.3 is 0 Å². The minimum Gasteiger partial charge on any atom is -0.397 e. The Kier molecular flexibility index (Phi) is 2.59. The third-order valence-corrected chi connectivity index (χ3v) is 3.31. The summed E-state index contributed by atoms with van der Waals surface area (Å²) < 4.78 is 1.67. The minimum atomic E-state index is -0.0188. The topological polar surface area (TPSA) is 76.7 Å². The number of H-pyrrole nitrogens is 1. The summed E-state index contributed by atoms with van der Waals surface area (Å²) in [7, 11) is 0. The van der Waals surface area contributed by atoms with Crippen molar-refractivity contribution in [3.05, 3.63) is 47.9 Å². The number of nitrogens with two attached hydrogens (primary N) is 1. The first-order chi connectivity index (χ1) is 9.18. The van der Waals surface area contributed by atoms with Gasteiger partial charge < -0.3 is 5.73 Å². The van der Waals surface area contributed by atoms with E-state index in [0.717, 1.165) is 22.3 Å². The van der Waals surface area contributed by atoms with Gasteiger partial charge in [-0.2, -0.15) is 5.10 Å². The van der Waals surface area contributed by atoms with E-state index in [1.807, 2.05) is 31.2 Å². The number of aromatic nitrogens is 3. The Morgan fingerprint density at radius 3 is 2.89 bits per heavy atom. The smallest absolute Gasteiger partial charge is 0.237 e. The van der Waals surface area contributed by atoms with Crippen molar-refractivity contribution in [1.82, 2.24) is 14.8 Å². The molecule has 0 saturated heterocycles. The number of carbonyl (C=O) groups excluding carboxylic acids is 1. The second kappa shape index (κ2) is 4.28. The van der Waals surface area contributed by atoms with Crippen LogP contribution in [0.4, 0.5) is 5.69 Å². The van der Waals surface area contributed by atoms with Gasteiger partial charge in [-0.3, -0.25) is 14.5 Å². The third kappa shape index (κ3) is 1.79. The van der Waals surface area contributed by atoms with Crippen LogP contribution in [0, 0.1) is 6.92 Å². The molecule has 0 radical (unpaired) electrons. The summed E-state index contributed by atoms with van der Waals surface area (Å²) in [5.74, 6) is -0.0188. The van der Waals surface area contributed by atoms with Crippen molar-refractivity contribution in [3.8, 4) is 0 Å². The van der Waals surface area contributed by atoms with Gasteiger partial charge in [-0.1, -0.05) is 18.2 Å². The van der Waals surface area contributed by atoms with Crippen LogP contribution in [0.1, 0.15) is 16.2 Å². The van der Waals surface area contributed by atoms with Crippen molar-refractivity contribution >= 4 is 22.5 Å². The average Bonchev–Trinajstić information content (AvgIpc) is 2.99. The van der Waals surface area contributed by atoms with E-state index in [0.29, 0.717) is 5.69 Å². The largest absolute Gasteiger partial charge is 0.397 e. The van der Waals surface area contributed by atoms with Crippen LogP contribution in [0.15, 0.2) is 36.5 Å². The number of fused-ring (bicyclic) bond motifs is 1. The first-order valence-corrected chi connectivity index (χ1v) is 6.05. The maximum atomic E-state index is 12.4. The molecule has 0 bridgehead atoms. The van der Waals surface area contributed by atoms with Crippen molar-refractivity contribution in [2.75, 3.05) is 5.73 Å². The van der Waals surface area contributed by atoms with Gasteiger partial charge in [-0.25, -0.2) is 0 Å². The highest BCUT2D eigenvalue weighted by Crippen LogP contribution is 2.27. The fraction of sp³-hybridized carbons (Fsp3) is 0.143. The molecule has 3 aromatic rings. The number of benzene rings is 1. The monoisotopic (exact) mass is 254 g/mol. The molecule has 0 aliphatic rings. The Morgan fingerprint density at radius 2 is 2.16 bits per heavy atom. The highest BCUT2D eigenvalue weighted by atomic mass is 16.2. The van der Waals surface area contributed by atoms with Crippen LogP contribution >= 0.6 is 0 Å². The lowest BCUT2D eigenvalue weighted by Crippen LogP contribution is -2.15. The molecule has 5 nitrogen and oxygen atoms in total. The van der Waals surface area contributed by atoms with E-state index in [1.165, 1.54) is 0 Å². The lowest BCUT2D eigenvalue weighted by atomic mass is 10.2. The molecule has 3 rings (SSSR count). The predicted molar refractivity (Wildman–Crippen MR) is 74.0 cm³/mol. The zero-order chi connectivity index (χ0) is 13.4. The third-order valence-electron chi connectivity index (χ3n) is 3.31. The van der Waals surface area contributed by atoms with Crippen molar-refractivity contribution in [2.45, 2.75) is 13.3 Å². The summed E-state index contributed by atoms with van der Waals surface area (Å²) in [6, 6.07) is 9.45. The number of hydrogen-bond acceptors (Lipinski definition) is 3. The Bertz CT molecular complexity index is 740. The van der Waals surface area contributed by atoms with E-state index in [-0.39, 0.29) is 12.3 Å². The molecule has 0 aliphatic heterocycles. The van der Waals surface area contributed by atoms with Crippen LogP contribution in [0.25, 0.3) is 10.9 Å². The van der Waals surface area contributed by atoms with Crippen molar-refractivity contribution in [3.63, 3.8) is 0 Å². The van der Waals surface area contributed by atoms with Gasteiger partial charge in [0.05, 0.1) is 17.6 Å². The molecule has 3 N–H and O–H groups in total. The molecule has 2 aromatic heterocycles. The fourth-order valence-corrected chi connectivity index (χ4v) is 2.34. The van der Waals surface area contributed by atoms with E-state index in [2.05, 4.69) is 10.2 Å². The first kappa shape index (κ1) is 11.5. The highest BCUT2D eigenvalue weighted by molar-refractivity contribution is 6.01. The molecule has 1 aromatic carbocycles. The average molecular weight is 254 g/mol. The number of hydrogen-bond donors (Lipinski definition) is 2. The van der Waals surface area contributed by atoms with Crippen molar-refractivity contribution in [1.29, 1.82) is 0 Å². The maximum absolute atomic E-state index is 12.4. The molecule has 0 atom stereocenters. The number of para-hydroxylation sites is 1. The maximum Gasteiger partial charge on any atom is 0.237 e. The minimum absolute atomic E-state index is 0.0188. The van der Waals surface area contributed by atoms with Crippen molar-refractivity contribution < 1.29 is 4.79 Å². The lowest BCUT2D eigenvalue weighted by molar-refractivity contribution is 0.0916. The van der Waals surface area contributed by atoms with E-state index in [9.17, 15) is 4.79 Å². The SMILES string of the molecule is Cc1c(N)c2ccccc2n1C(=O)Cc1ccn[nH]1. The van der Waals surface area contributed by atoms with E-state index >= 15 is 0 Å². The first-order valence-electron chi connectivity index (χ1n) is 6.05. The van der Waals surface area contributed by atoms with Crippen LogP contribution < -0.4 is 5.73 Å². The summed E-state index contributed by atoms with van der Waals surface area (Å²) in [5, 5.41) is 7.56. The zero-order valence-corrected chi connectivity index (χ0v) is 10.6. The van der Waals surface area contributed by atoms with Crippen LogP contribution in [0.5, 0.6) is 0 Å². The second-order valence-corrected chi connectivity index (χ2v) is 4.50. The number of aromatic amines is 1. The van der Waals surface area contributed by atoms with Gasteiger partial charge in [0, 0.05) is 23.0 Å². The van der Waals surface area contributed by atoms with Gasteiger partial charge in [-0.05, 0) is 19.1 Å². The number of nitrogens with one attached hydrogen (secondary N) is 1. The van der Waals surface area contributed by atoms with Crippen LogP contribution in [-0.4, -0.2) is 20.7 Å². The Balaban J connectivity index is 2.09. The molecular formula is C14H14N4O. The van der Waals surface area contributed by atoms with Crippen LogP contribution in [-0.2, 0) is 6.42 Å².